The van der Waals surface area contributed by atoms with Gasteiger partial charge in [0, 0.05) is 28.8 Å². The molecule has 0 aliphatic carbocycles. The van der Waals surface area contributed by atoms with Gasteiger partial charge in [-0.25, -0.2) is 18.4 Å². The second-order valence-electron chi connectivity index (χ2n) is 10.1. The number of aromatic amines is 2. The maximum absolute atomic E-state index is 13.5. The van der Waals surface area contributed by atoms with Crippen LogP contribution < -0.4 is 0 Å². The monoisotopic (exact) mass is 515 g/mol. The highest BCUT2D eigenvalue weighted by Gasteiger charge is 2.24. The van der Waals surface area contributed by atoms with E-state index < -0.39 is 9.84 Å². The number of benzene rings is 2. The third-order valence-corrected chi connectivity index (χ3v) is 9.59. The Hall–Kier alpha value is -3.52. The molecule has 0 saturated carbocycles. The van der Waals surface area contributed by atoms with Crippen molar-refractivity contribution in [2.75, 3.05) is 0 Å². The van der Waals surface area contributed by atoms with Crippen LogP contribution in [0, 0.1) is 0 Å². The molecule has 8 heteroatoms. The highest BCUT2D eigenvalue weighted by Crippen LogP contribution is 2.31. The molecule has 7 nitrogen and oxygen atoms in total. The minimum atomic E-state index is -3.74. The van der Waals surface area contributed by atoms with E-state index in [1.165, 1.54) is 0 Å². The normalized spacial score (nSPS) is 13.4. The highest BCUT2D eigenvalue weighted by atomic mass is 32.2. The summed E-state index contributed by atoms with van der Waals surface area (Å²) in [5.41, 5.74) is 4.82. The van der Waals surface area contributed by atoms with Gasteiger partial charge in [0.25, 0.3) is 0 Å². The van der Waals surface area contributed by atoms with Gasteiger partial charge in [0.2, 0.25) is 9.84 Å². The Balaban J connectivity index is 1.47. The summed E-state index contributed by atoms with van der Waals surface area (Å²) in [5, 5.41) is 0. The second-order valence-corrected chi connectivity index (χ2v) is 12.0. The van der Waals surface area contributed by atoms with Crippen molar-refractivity contribution in [2.24, 2.45) is 0 Å². The highest BCUT2D eigenvalue weighted by molar-refractivity contribution is 7.91. The maximum atomic E-state index is 13.5. The van der Waals surface area contributed by atoms with E-state index in [9.17, 15) is 8.42 Å². The van der Waals surface area contributed by atoms with E-state index in [1.54, 1.807) is 36.4 Å². The van der Waals surface area contributed by atoms with Gasteiger partial charge in [0.15, 0.2) is 0 Å². The van der Waals surface area contributed by atoms with E-state index in [-0.39, 0.29) is 21.1 Å². The molecule has 0 spiro atoms. The van der Waals surface area contributed by atoms with E-state index in [2.05, 4.69) is 60.6 Å². The van der Waals surface area contributed by atoms with Crippen LogP contribution in [0.15, 0.2) is 64.5 Å². The van der Waals surface area contributed by atoms with Crippen LogP contribution in [0.2, 0.25) is 0 Å². The van der Waals surface area contributed by atoms with Crippen molar-refractivity contribution in [3.05, 3.63) is 66.2 Å². The van der Waals surface area contributed by atoms with Crippen LogP contribution in [0.4, 0.5) is 0 Å². The van der Waals surface area contributed by atoms with E-state index in [4.69, 9.17) is 4.98 Å². The van der Waals surface area contributed by atoms with Crippen LogP contribution in [0.5, 0.6) is 0 Å². The van der Waals surface area contributed by atoms with Gasteiger partial charge in [-0.1, -0.05) is 34.6 Å². The van der Waals surface area contributed by atoms with Crippen LogP contribution in [-0.4, -0.2) is 33.3 Å². The molecule has 2 N–H and O–H groups in total. The average molecular weight is 516 g/mol. The zero-order chi connectivity index (χ0) is 26.4. The summed E-state index contributed by atoms with van der Waals surface area (Å²) in [7, 11) is -3.74. The fourth-order valence-electron chi connectivity index (χ4n) is 4.53. The zero-order valence-electron chi connectivity index (χ0n) is 22.0. The Morgan fingerprint density at radius 3 is 2.27 bits per heavy atom. The number of fused-ring (bicyclic) bond motifs is 2. The number of hydrogen-bond acceptors (Lipinski definition) is 5. The summed E-state index contributed by atoms with van der Waals surface area (Å²) >= 11 is 0. The number of rotatable bonds is 8. The Bertz CT molecular complexity index is 1680. The molecule has 1 atom stereocenters. The van der Waals surface area contributed by atoms with Crippen LogP contribution in [0.25, 0.3) is 33.5 Å². The standard InChI is InChI=1S/C29H33N5O2S/c1-6-18(4)27-31-22-12-10-20(15-24(22)33-27)37(35,36)21-11-13-23-25(16-21)34-28(32-23)19-9-14-26(30-17-19)29(5,7-2)8-3/h9-18H,6-8H2,1-5H3,(H,31,33)(H,32,34). The molecule has 3 aromatic heterocycles. The van der Waals surface area contributed by atoms with Crippen LogP contribution >= 0.6 is 0 Å². The molecule has 0 radical (unpaired) electrons. The fraction of sp³-hybridized carbons (Fsp3) is 0.345. The van der Waals surface area contributed by atoms with Gasteiger partial charge in [0.1, 0.15) is 11.6 Å². The van der Waals surface area contributed by atoms with Gasteiger partial charge in [-0.05, 0) is 67.8 Å². The number of hydrogen-bond donors (Lipinski definition) is 2. The van der Waals surface area contributed by atoms with Crippen molar-refractivity contribution in [3.8, 4) is 11.4 Å². The quantitative estimate of drug-likeness (QED) is 0.233. The predicted molar refractivity (Wildman–Crippen MR) is 148 cm³/mol. The molecular weight excluding hydrogens is 482 g/mol. The molecular formula is C29H33N5O2S. The number of pyridine rings is 1. The predicted octanol–water partition coefficient (Wildman–Crippen LogP) is 6.93. The number of imidazole rings is 2. The molecule has 0 fully saturated rings. The van der Waals surface area contributed by atoms with Gasteiger partial charge in [0.05, 0.1) is 31.9 Å². The Labute approximate surface area is 217 Å². The first kappa shape index (κ1) is 25.1. The van der Waals surface area contributed by atoms with Crippen molar-refractivity contribution in [2.45, 2.75) is 75.0 Å². The lowest BCUT2D eigenvalue weighted by Crippen LogP contribution is -2.20. The van der Waals surface area contributed by atoms with Crippen molar-refractivity contribution < 1.29 is 8.42 Å². The van der Waals surface area contributed by atoms with Gasteiger partial charge < -0.3 is 9.97 Å². The second kappa shape index (κ2) is 9.41. The van der Waals surface area contributed by atoms with E-state index in [0.717, 1.165) is 41.9 Å². The Morgan fingerprint density at radius 1 is 0.865 bits per heavy atom. The minimum absolute atomic E-state index is 0.0460. The molecule has 1 unspecified atom stereocenters. The van der Waals surface area contributed by atoms with Crippen molar-refractivity contribution in [1.29, 1.82) is 0 Å². The van der Waals surface area contributed by atoms with Gasteiger partial charge in [-0.2, -0.15) is 0 Å². The van der Waals surface area contributed by atoms with Crippen LogP contribution in [0.1, 0.15) is 71.3 Å². The molecule has 5 rings (SSSR count). The molecule has 5 aromatic rings. The summed E-state index contributed by atoms with van der Waals surface area (Å²) in [6.45, 7) is 10.8. The van der Waals surface area contributed by atoms with Crippen molar-refractivity contribution in [3.63, 3.8) is 0 Å². The first-order valence-electron chi connectivity index (χ1n) is 12.9. The molecule has 37 heavy (non-hydrogen) atoms. The smallest absolute Gasteiger partial charge is 0.206 e. The molecule has 0 amide bonds. The number of aromatic nitrogens is 5. The SMILES string of the molecule is CCC(C)c1nc2cc(S(=O)(=O)c3ccc4nc(-c5ccc(C(C)(CC)CC)nc5)[nH]c4c3)ccc2[nH]1. The lowest BCUT2D eigenvalue weighted by molar-refractivity contribution is 0.426. The lowest BCUT2D eigenvalue weighted by atomic mass is 9.81. The summed E-state index contributed by atoms with van der Waals surface area (Å²) in [6, 6.07) is 14.1. The van der Waals surface area contributed by atoms with Crippen molar-refractivity contribution >= 4 is 31.9 Å². The average Bonchev–Trinajstić information content (AvgIpc) is 3.55. The summed E-state index contributed by atoms with van der Waals surface area (Å²) in [6.07, 6.45) is 4.82. The van der Waals surface area contributed by atoms with E-state index in [1.807, 2.05) is 12.3 Å². The van der Waals surface area contributed by atoms with Crippen molar-refractivity contribution in [1.82, 2.24) is 24.9 Å². The minimum Gasteiger partial charge on any atom is -0.342 e. The third kappa shape index (κ3) is 4.44. The molecule has 0 bridgehead atoms. The summed E-state index contributed by atoms with van der Waals surface area (Å²) in [4.78, 5) is 21.0. The van der Waals surface area contributed by atoms with E-state index in [0.29, 0.717) is 22.4 Å². The summed E-state index contributed by atoms with van der Waals surface area (Å²) in [5.74, 6) is 1.81. The molecule has 0 aliphatic heterocycles. The van der Waals surface area contributed by atoms with Gasteiger partial charge in [-0.15, -0.1) is 0 Å². The maximum Gasteiger partial charge on any atom is 0.206 e. The first-order chi connectivity index (χ1) is 17.7. The van der Waals surface area contributed by atoms with Crippen LogP contribution in [0.3, 0.4) is 0 Å². The molecule has 192 valence electrons. The molecule has 0 aliphatic rings. The van der Waals surface area contributed by atoms with Gasteiger partial charge in [-0.3, -0.25) is 4.98 Å². The number of nitrogens with one attached hydrogen (secondary N) is 2. The fourth-order valence-corrected chi connectivity index (χ4v) is 5.84. The Morgan fingerprint density at radius 2 is 1.59 bits per heavy atom. The largest absolute Gasteiger partial charge is 0.342 e. The van der Waals surface area contributed by atoms with Crippen LogP contribution in [-0.2, 0) is 15.3 Å². The Kier molecular flexibility index (Phi) is 6.40. The number of H-pyrrole nitrogens is 2. The van der Waals surface area contributed by atoms with E-state index >= 15 is 0 Å². The lowest BCUT2D eigenvalue weighted by Gasteiger charge is -2.25. The zero-order valence-corrected chi connectivity index (χ0v) is 22.8. The molecule has 0 saturated heterocycles. The van der Waals surface area contributed by atoms with Gasteiger partial charge >= 0.3 is 0 Å². The molecule has 2 aromatic carbocycles. The number of nitrogens with zero attached hydrogens (tertiary/aromatic N) is 3. The summed E-state index contributed by atoms with van der Waals surface area (Å²) < 4.78 is 27.0. The first-order valence-corrected chi connectivity index (χ1v) is 14.4. The number of sulfone groups is 1. The molecule has 3 heterocycles. The third-order valence-electron chi connectivity index (χ3n) is 7.84. The topological polar surface area (TPSA) is 104 Å².